The lowest BCUT2D eigenvalue weighted by molar-refractivity contribution is -0.116. The number of nitrogen functional groups attached to an aromatic ring is 1. The molecule has 0 unspecified atom stereocenters. The first kappa shape index (κ1) is 13.1. The second kappa shape index (κ2) is 6.57. The van der Waals surface area contributed by atoms with E-state index in [1.54, 1.807) is 18.2 Å². The molecular formula is C11H13F2N3O. The van der Waals surface area contributed by atoms with Crippen LogP contribution >= 0.6 is 0 Å². The number of carbonyl (C=O) groups is 1. The molecule has 0 spiro atoms. The lowest BCUT2D eigenvalue weighted by Gasteiger charge is -2.03. The Hall–Kier alpha value is -1.98. The first-order chi connectivity index (χ1) is 8.08. The molecule has 0 atom stereocenters. The Labute approximate surface area is 97.5 Å². The number of aromatic nitrogens is 1. The molecule has 92 valence electrons. The van der Waals surface area contributed by atoms with E-state index in [2.05, 4.69) is 10.3 Å². The van der Waals surface area contributed by atoms with Crippen molar-refractivity contribution >= 4 is 17.5 Å². The van der Waals surface area contributed by atoms with Crippen molar-refractivity contribution in [1.82, 2.24) is 4.98 Å². The molecule has 0 aliphatic rings. The summed E-state index contributed by atoms with van der Waals surface area (Å²) in [6, 6.07) is 4.87. The molecule has 0 saturated carbocycles. The number of unbranched alkanes of at least 4 members (excludes halogenated alkanes) is 1. The van der Waals surface area contributed by atoms with Crippen molar-refractivity contribution in [3.63, 3.8) is 0 Å². The zero-order chi connectivity index (χ0) is 12.7. The van der Waals surface area contributed by atoms with E-state index < -0.39 is 6.08 Å². The summed E-state index contributed by atoms with van der Waals surface area (Å²) in [5.41, 5.74) is 5.44. The van der Waals surface area contributed by atoms with E-state index in [1.165, 1.54) is 0 Å². The molecular weight excluding hydrogens is 228 g/mol. The normalized spacial score (nSPS) is 9.76. The fourth-order valence-electron chi connectivity index (χ4n) is 1.20. The minimum atomic E-state index is -1.72. The van der Waals surface area contributed by atoms with Crippen molar-refractivity contribution < 1.29 is 13.6 Å². The van der Waals surface area contributed by atoms with Crippen molar-refractivity contribution in [2.24, 2.45) is 0 Å². The summed E-state index contributed by atoms with van der Waals surface area (Å²) in [7, 11) is 0. The number of amides is 1. The third-order valence-corrected chi connectivity index (χ3v) is 1.94. The van der Waals surface area contributed by atoms with E-state index >= 15 is 0 Å². The Morgan fingerprint density at radius 2 is 2.24 bits per heavy atom. The summed E-state index contributed by atoms with van der Waals surface area (Å²) >= 11 is 0. The van der Waals surface area contributed by atoms with Gasteiger partial charge in [-0.25, -0.2) is 4.98 Å². The topological polar surface area (TPSA) is 68.0 Å². The van der Waals surface area contributed by atoms with Gasteiger partial charge in [0.25, 0.3) is 6.08 Å². The van der Waals surface area contributed by atoms with Gasteiger partial charge in [-0.1, -0.05) is 6.07 Å². The summed E-state index contributed by atoms with van der Waals surface area (Å²) in [6.45, 7) is 0. The monoisotopic (exact) mass is 241 g/mol. The van der Waals surface area contributed by atoms with Crippen LogP contribution in [0.15, 0.2) is 30.4 Å². The zero-order valence-corrected chi connectivity index (χ0v) is 9.12. The van der Waals surface area contributed by atoms with Crippen LogP contribution in [0.1, 0.15) is 19.3 Å². The second-order valence-corrected chi connectivity index (χ2v) is 3.38. The highest BCUT2D eigenvalue weighted by atomic mass is 19.3. The van der Waals surface area contributed by atoms with Gasteiger partial charge >= 0.3 is 0 Å². The zero-order valence-electron chi connectivity index (χ0n) is 9.12. The van der Waals surface area contributed by atoms with E-state index in [-0.39, 0.29) is 18.7 Å². The third kappa shape index (κ3) is 5.60. The summed E-state index contributed by atoms with van der Waals surface area (Å²) in [4.78, 5) is 15.3. The van der Waals surface area contributed by atoms with Gasteiger partial charge in [0.2, 0.25) is 5.91 Å². The third-order valence-electron chi connectivity index (χ3n) is 1.94. The van der Waals surface area contributed by atoms with Crippen molar-refractivity contribution in [3.8, 4) is 0 Å². The maximum absolute atomic E-state index is 11.7. The van der Waals surface area contributed by atoms with Gasteiger partial charge in [0.1, 0.15) is 11.6 Å². The SMILES string of the molecule is Nc1cccc(NC(=O)CCCC=C(F)F)n1. The maximum atomic E-state index is 11.7. The number of carbonyl (C=O) groups excluding carboxylic acids is 1. The van der Waals surface area contributed by atoms with E-state index in [0.717, 1.165) is 6.08 Å². The molecule has 0 radical (unpaired) electrons. The number of pyridine rings is 1. The molecule has 3 N–H and O–H groups in total. The van der Waals surface area contributed by atoms with Gasteiger partial charge in [-0.2, -0.15) is 8.78 Å². The minimum Gasteiger partial charge on any atom is -0.384 e. The standard InChI is InChI=1S/C11H13F2N3O/c12-8(13)4-1-2-7-11(17)16-10-6-3-5-9(14)15-10/h3-6H,1-2,7H2,(H3,14,15,16,17). The van der Waals surface area contributed by atoms with Crippen LogP contribution in [-0.4, -0.2) is 10.9 Å². The average molecular weight is 241 g/mol. The first-order valence-corrected chi connectivity index (χ1v) is 5.11. The lowest BCUT2D eigenvalue weighted by atomic mass is 10.2. The van der Waals surface area contributed by atoms with Crippen LogP contribution in [0, 0.1) is 0 Å². The Morgan fingerprint density at radius 3 is 2.88 bits per heavy atom. The molecule has 1 aromatic heterocycles. The molecule has 4 nitrogen and oxygen atoms in total. The summed E-state index contributed by atoms with van der Waals surface area (Å²) in [5, 5.41) is 2.53. The average Bonchev–Trinajstić information content (AvgIpc) is 2.24. The Balaban J connectivity index is 2.32. The molecule has 0 saturated heterocycles. The molecule has 6 heteroatoms. The fraction of sp³-hybridized carbons (Fsp3) is 0.273. The van der Waals surface area contributed by atoms with Crippen molar-refractivity contribution in [2.75, 3.05) is 11.1 Å². The largest absolute Gasteiger partial charge is 0.384 e. The predicted molar refractivity (Wildman–Crippen MR) is 61.4 cm³/mol. The van der Waals surface area contributed by atoms with Crippen LogP contribution in [-0.2, 0) is 4.79 Å². The molecule has 0 bridgehead atoms. The maximum Gasteiger partial charge on any atom is 0.266 e. The number of nitrogens with two attached hydrogens (primary N) is 1. The highest BCUT2D eigenvalue weighted by Crippen LogP contribution is 2.08. The van der Waals surface area contributed by atoms with Crippen LogP contribution in [0.4, 0.5) is 20.4 Å². The molecule has 17 heavy (non-hydrogen) atoms. The number of rotatable bonds is 5. The molecule has 0 aliphatic carbocycles. The Bertz CT molecular complexity index is 417. The van der Waals surface area contributed by atoms with Crippen LogP contribution in [0.5, 0.6) is 0 Å². The van der Waals surface area contributed by atoms with Gasteiger partial charge in [-0.05, 0) is 31.1 Å². The highest BCUT2D eigenvalue weighted by molar-refractivity contribution is 5.89. The van der Waals surface area contributed by atoms with Gasteiger partial charge in [-0.3, -0.25) is 4.79 Å². The molecule has 1 aromatic rings. The van der Waals surface area contributed by atoms with Crippen LogP contribution < -0.4 is 11.1 Å². The Kier molecular flexibility index (Phi) is 5.06. The highest BCUT2D eigenvalue weighted by Gasteiger charge is 2.02. The fourth-order valence-corrected chi connectivity index (χ4v) is 1.20. The molecule has 1 rings (SSSR count). The quantitative estimate of drug-likeness (QED) is 0.778. The van der Waals surface area contributed by atoms with Crippen LogP contribution in [0.25, 0.3) is 0 Å². The molecule has 1 heterocycles. The van der Waals surface area contributed by atoms with Gasteiger partial charge in [0.05, 0.1) is 0 Å². The van der Waals surface area contributed by atoms with Crippen molar-refractivity contribution in [2.45, 2.75) is 19.3 Å². The summed E-state index contributed by atoms with van der Waals surface area (Å²) in [6.07, 6.45) is -0.208. The molecule has 0 aromatic carbocycles. The second-order valence-electron chi connectivity index (χ2n) is 3.38. The summed E-state index contributed by atoms with van der Waals surface area (Å²) in [5.74, 6) is 0.406. The molecule has 0 aliphatic heterocycles. The minimum absolute atomic E-state index is 0.167. The van der Waals surface area contributed by atoms with E-state index in [4.69, 9.17) is 5.73 Å². The predicted octanol–water partition coefficient (Wildman–Crippen LogP) is 2.55. The number of anilines is 2. The van der Waals surface area contributed by atoms with Crippen LogP contribution in [0.2, 0.25) is 0 Å². The molecule has 0 fully saturated rings. The number of hydrogen-bond donors (Lipinski definition) is 2. The van der Waals surface area contributed by atoms with Gasteiger partial charge in [0.15, 0.2) is 0 Å². The number of allylic oxidation sites excluding steroid dienone is 1. The van der Waals surface area contributed by atoms with E-state index in [0.29, 0.717) is 18.1 Å². The van der Waals surface area contributed by atoms with E-state index in [1.807, 2.05) is 0 Å². The number of halogens is 2. The van der Waals surface area contributed by atoms with Crippen LogP contribution in [0.3, 0.4) is 0 Å². The Morgan fingerprint density at radius 1 is 1.47 bits per heavy atom. The molecule has 1 amide bonds. The lowest BCUT2D eigenvalue weighted by Crippen LogP contribution is -2.12. The van der Waals surface area contributed by atoms with Crippen molar-refractivity contribution in [1.29, 1.82) is 0 Å². The summed E-state index contributed by atoms with van der Waals surface area (Å²) < 4.78 is 23.4. The van der Waals surface area contributed by atoms with Crippen molar-refractivity contribution in [3.05, 3.63) is 30.4 Å². The van der Waals surface area contributed by atoms with Gasteiger partial charge in [-0.15, -0.1) is 0 Å². The van der Waals surface area contributed by atoms with Gasteiger partial charge < -0.3 is 11.1 Å². The number of hydrogen-bond acceptors (Lipinski definition) is 3. The van der Waals surface area contributed by atoms with E-state index in [9.17, 15) is 13.6 Å². The number of nitrogens with one attached hydrogen (secondary N) is 1. The number of nitrogens with zero attached hydrogens (tertiary/aromatic N) is 1. The van der Waals surface area contributed by atoms with Gasteiger partial charge in [0, 0.05) is 6.42 Å². The first-order valence-electron chi connectivity index (χ1n) is 5.11. The smallest absolute Gasteiger partial charge is 0.266 e.